The SMILES string of the molecule is CN(C(=O)CCc1c[nH]c2ccccc12)C1CCCNC1. The van der Waals surface area contributed by atoms with E-state index in [9.17, 15) is 4.79 Å². The molecular weight excluding hydrogens is 262 g/mol. The van der Waals surface area contributed by atoms with Gasteiger partial charge in [-0.2, -0.15) is 0 Å². The van der Waals surface area contributed by atoms with E-state index in [1.807, 2.05) is 30.3 Å². The summed E-state index contributed by atoms with van der Waals surface area (Å²) in [4.78, 5) is 17.6. The molecule has 4 nitrogen and oxygen atoms in total. The third-order valence-electron chi connectivity index (χ3n) is 4.50. The summed E-state index contributed by atoms with van der Waals surface area (Å²) in [5.41, 5.74) is 2.37. The van der Waals surface area contributed by atoms with E-state index >= 15 is 0 Å². The van der Waals surface area contributed by atoms with Crippen LogP contribution in [0.25, 0.3) is 10.9 Å². The van der Waals surface area contributed by atoms with Crippen molar-refractivity contribution >= 4 is 16.8 Å². The predicted octanol–water partition coefficient (Wildman–Crippen LogP) is 2.31. The van der Waals surface area contributed by atoms with Crippen molar-refractivity contribution in [2.75, 3.05) is 20.1 Å². The van der Waals surface area contributed by atoms with Crippen molar-refractivity contribution in [3.05, 3.63) is 36.0 Å². The first-order chi connectivity index (χ1) is 10.3. The zero-order valence-corrected chi connectivity index (χ0v) is 12.6. The lowest BCUT2D eigenvalue weighted by Crippen LogP contribution is -2.46. The lowest BCUT2D eigenvalue weighted by atomic mass is 10.0. The van der Waals surface area contributed by atoms with E-state index < -0.39 is 0 Å². The number of nitrogens with one attached hydrogen (secondary N) is 2. The second-order valence-corrected chi connectivity index (χ2v) is 5.86. The van der Waals surface area contributed by atoms with Gasteiger partial charge in [0.1, 0.15) is 0 Å². The number of amides is 1. The summed E-state index contributed by atoms with van der Waals surface area (Å²) in [7, 11) is 1.94. The molecule has 1 aliphatic rings. The van der Waals surface area contributed by atoms with Gasteiger partial charge in [0.25, 0.3) is 0 Å². The van der Waals surface area contributed by atoms with Gasteiger partial charge >= 0.3 is 0 Å². The fraction of sp³-hybridized carbons (Fsp3) is 0.471. The lowest BCUT2D eigenvalue weighted by molar-refractivity contribution is -0.132. The van der Waals surface area contributed by atoms with Gasteiger partial charge < -0.3 is 15.2 Å². The van der Waals surface area contributed by atoms with E-state index in [0.29, 0.717) is 12.5 Å². The highest BCUT2D eigenvalue weighted by Gasteiger charge is 2.21. The molecule has 1 saturated heterocycles. The second kappa shape index (κ2) is 6.31. The number of H-pyrrole nitrogens is 1. The molecule has 21 heavy (non-hydrogen) atoms. The van der Waals surface area contributed by atoms with Crippen LogP contribution in [0, 0.1) is 0 Å². The monoisotopic (exact) mass is 285 g/mol. The number of piperidine rings is 1. The molecule has 2 aromatic rings. The van der Waals surface area contributed by atoms with Crippen LogP contribution in [-0.2, 0) is 11.2 Å². The van der Waals surface area contributed by atoms with Crippen molar-refractivity contribution < 1.29 is 4.79 Å². The van der Waals surface area contributed by atoms with E-state index in [2.05, 4.69) is 22.4 Å². The van der Waals surface area contributed by atoms with Crippen LogP contribution in [0.2, 0.25) is 0 Å². The molecule has 1 aromatic heterocycles. The van der Waals surface area contributed by atoms with Crippen molar-refractivity contribution in [3.63, 3.8) is 0 Å². The summed E-state index contributed by atoms with van der Waals surface area (Å²) < 4.78 is 0. The molecule has 3 rings (SSSR count). The first-order valence-electron chi connectivity index (χ1n) is 7.77. The van der Waals surface area contributed by atoms with Crippen LogP contribution in [0.5, 0.6) is 0 Å². The van der Waals surface area contributed by atoms with Crippen molar-refractivity contribution in [1.29, 1.82) is 0 Å². The Morgan fingerprint density at radius 3 is 3.05 bits per heavy atom. The topological polar surface area (TPSA) is 48.1 Å². The molecule has 0 spiro atoms. The molecule has 0 aliphatic carbocycles. The molecule has 4 heteroatoms. The number of carbonyl (C=O) groups excluding carboxylic acids is 1. The Bertz CT molecular complexity index is 613. The molecule has 0 bridgehead atoms. The Morgan fingerprint density at radius 2 is 2.24 bits per heavy atom. The molecule has 2 N–H and O–H groups in total. The van der Waals surface area contributed by atoms with E-state index in [1.165, 1.54) is 10.9 Å². The number of likely N-dealkylation sites (N-methyl/N-ethyl adjacent to an activating group) is 1. The maximum Gasteiger partial charge on any atom is 0.222 e. The number of aromatic amines is 1. The Balaban J connectivity index is 1.60. The highest BCUT2D eigenvalue weighted by Crippen LogP contribution is 2.19. The average Bonchev–Trinajstić information content (AvgIpc) is 2.96. The Morgan fingerprint density at radius 1 is 1.38 bits per heavy atom. The van der Waals surface area contributed by atoms with Crippen molar-refractivity contribution in [3.8, 4) is 0 Å². The molecule has 1 atom stereocenters. The van der Waals surface area contributed by atoms with Crippen molar-refractivity contribution in [1.82, 2.24) is 15.2 Å². The fourth-order valence-electron chi connectivity index (χ4n) is 3.12. The van der Waals surface area contributed by atoms with Crippen molar-refractivity contribution in [2.45, 2.75) is 31.7 Å². The van der Waals surface area contributed by atoms with Gasteiger partial charge in [-0.25, -0.2) is 0 Å². The molecule has 1 amide bonds. The van der Waals surface area contributed by atoms with Crippen molar-refractivity contribution in [2.24, 2.45) is 0 Å². The third-order valence-corrected chi connectivity index (χ3v) is 4.50. The molecule has 1 aliphatic heterocycles. The Kier molecular flexibility index (Phi) is 4.25. The third kappa shape index (κ3) is 3.10. The molecule has 112 valence electrons. The van der Waals surface area contributed by atoms with E-state index in [1.54, 1.807) is 0 Å². The number of nitrogens with zero attached hydrogens (tertiary/aromatic N) is 1. The highest BCUT2D eigenvalue weighted by molar-refractivity contribution is 5.84. The van der Waals surface area contributed by atoms with Gasteiger partial charge in [0, 0.05) is 43.2 Å². The molecule has 1 aromatic carbocycles. The number of aryl methyl sites for hydroxylation is 1. The average molecular weight is 285 g/mol. The standard InChI is InChI=1S/C17H23N3O/c1-20(14-5-4-10-18-12-14)17(21)9-8-13-11-19-16-7-3-2-6-15(13)16/h2-3,6-7,11,14,18-19H,4-5,8-10,12H2,1H3. The maximum atomic E-state index is 12.4. The summed E-state index contributed by atoms with van der Waals surface area (Å²) in [6, 6.07) is 8.61. The largest absolute Gasteiger partial charge is 0.361 e. The minimum atomic E-state index is 0.244. The number of carbonyl (C=O) groups is 1. The first kappa shape index (κ1) is 14.1. The van der Waals surface area contributed by atoms with Gasteiger partial charge in [-0.1, -0.05) is 18.2 Å². The zero-order valence-electron chi connectivity index (χ0n) is 12.6. The zero-order chi connectivity index (χ0) is 14.7. The summed E-state index contributed by atoms with van der Waals surface area (Å²) in [6.07, 6.45) is 5.68. The van der Waals surface area contributed by atoms with Gasteiger partial charge in [-0.3, -0.25) is 4.79 Å². The van der Waals surface area contributed by atoms with Crippen LogP contribution in [0.1, 0.15) is 24.8 Å². The normalized spacial score (nSPS) is 18.8. The summed E-state index contributed by atoms with van der Waals surface area (Å²) in [5.74, 6) is 0.244. The smallest absolute Gasteiger partial charge is 0.222 e. The van der Waals surface area contributed by atoms with E-state index in [-0.39, 0.29) is 5.91 Å². The molecular formula is C17H23N3O. The minimum absolute atomic E-state index is 0.244. The number of hydrogen-bond acceptors (Lipinski definition) is 2. The van der Waals surface area contributed by atoms with Crippen LogP contribution < -0.4 is 5.32 Å². The number of fused-ring (bicyclic) bond motifs is 1. The molecule has 0 radical (unpaired) electrons. The number of benzene rings is 1. The summed E-state index contributed by atoms with van der Waals surface area (Å²) >= 11 is 0. The maximum absolute atomic E-state index is 12.4. The fourth-order valence-corrected chi connectivity index (χ4v) is 3.12. The number of para-hydroxylation sites is 1. The molecule has 1 fully saturated rings. The summed E-state index contributed by atoms with van der Waals surface area (Å²) in [5, 5.41) is 4.59. The quantitative estimate of drug-likeness (QED) is 0.905. The summed E-state index contributed by atoms with van der Waals surface area (Å²) in [6.45, 7) is 2.00. The number of aromatic nitrogens is 1. The van der Waals surface area contributed by atoms with E-state index in [4.69, 9.17) is 0 Å². The van der Waals surface area contributed by atoms with E-state index in [0.717, 1.165) is 37.9 Å². The molecule has 1 unspecified atom stereocenters. The van der Waals surface area contributed by atoms with Gasteiger partial charge in [0.2, 0.25) is 5.91 Å². The number of hydrogen-bond donors (Lipinski definition) is 2. The Hall–Kier alpha value is -1.81. The van der Waals surface area contributed by atoms with Gasteiger partial charge in [-0.15, -0.1) is 0 Å². The van der Waals surface area contributed by atoms with Crippen LogP contribution in [0.3, 0.4) is 0 Å². The lowest BCUT2D eigenvalue weighted by Gasteiger charge is -2.31. The van der Waals surface area contributed by atoms with Gasteiger partial charge in [0.15, 0.2) is 0 Å². The molecule has 0 saturated carbocycles. The van der Waals surface area contributed by atoms with Crippen LogP contribution >= 0.6 is 0 Å². The Labute approximate surface area is 125 Å². The highest BCUT2D eigenvalue weighted by atomic mass is 16.2. The van der Waals surface area contributed by atoms with Crippen LogP contribution in [-0.4, -0.2) is 42.0 Å². The predicted molar refractivity (Wildman–Crippen MR) is 85.3 cm³/mol. The van der Waals surface area contributed by atoms with Crippen LogP contribution in [0.4, 0.5) is 0 Å². The first-order valence-corrected chi connectivity index (χ1v) is 7.77. The second-order valence-electron chi connectivity index (χ2n) is 5.86. The molecule has 2 heterocycles. The minimum Gasteiger partial charge on any atom is -0.361 e. The van der Waals surface area contributed by atoms with Gasteiger partial charge in [0.05, 0.1) is 0 Å². The number of rotatable bonds is 4. The van der Waals surface area contributed by atoms with Crippen LogP contribution in [0.15, 0.2) is 30.5 Å². The van der Waals surface area contributed by atoms with Gasteiger partial charge in [-0.05, 0) is 37.4 Å².